The minimum atomic E-state index is -3.84. The lowest BCUT2D eigenvalue weighted by Crippen LogP contribution is -2.51. The fraction of sp³-hybridized carbons (Fsp3) is 0.391. The fourth-order valence-corrected chi connectivity index (χ4v) is 4.66. The van der Waals surface area contributed by atoms with Crippen molar-refractivity contribution < 1.29 is 18.0 Å². The third kappa shape index (κ3) is 7.25. The maximum absolute atomic E-state index is 13.5. The normalized spacial score (nSPS) is 12.2. The van der Waals surface area contributed by atoms with Crippen molar-refractivity contribution >= 4 is 62.3 Å². The number of anilines is 1. The van der Waals surface area contributed by atoms with Gasteiger partial charge in [-0.3, -0.25) is 13.9 Å². The Bertz CT molecular complexity index is 1160. The van der Waals surface area contributed by atoms with Crippen LogP contribution in [-0.2, 0) is 26.2 Å². The van der Waals surface area contributed by atoms with Gasteiger partial charge in [-0.25, -0.2) is 8.42 Å². The maximum Gasteiger partial charge on any atom is 0.244 e. The van der Waals surface area contributed by atoms with E-state index in [-0.39, 0.29) is 12.5 Å². The molecule has 11 heteroatoms. The molecular weight excluding hydrogens is 521 g/mol. The van der Waals surface area contributed by atoms with Gasteiger partial charge in [0.05, 0.1) is 22.0 Å². The molecule has 0 radical (unpaired) electrons. The van der Waals surface area contributed by atoms with Crippen LogP contribution < -0.4 is 9.62 Å². The summed E-state index contributed by atoms with van der Waals surface area (Å²) in [7, 11) is -3.84. The monoisotopic (exact) mass is 547 g/mol. The number of nitrogens with one attached hydrogen (secondary N) is 1. The number of hydrogen-bond acceptors (Lipinski definition) is 4. The van der Waals surface area contributed by atoms with Gasteiger partial charge in [-0.2, -0.15) is 0 Å². The van der Waals surface area contributed by atoms with Crippen LogP contribution in [-0.4, -0.2) is 50.5 Å². The zero-order chi connectivity index (χ0) is 25.6. The SMILES string of the molecule is CCCNC(=O)[C@@H](C)N(Cc1ccc(Cl)c(Cl)c1)C(=O)CN(c1cccc(Cl)c1C)S(C)(=O)=O. The Hall–Kier alpha value is -2.00. The summed E-state index contributed by atoms with van der Waals surface area (Å²) < 4.78 is 26.3. The molecule has 34 heavy (non-hydrogen) atoms. The molecule has 0 fully saturated rings. The van der Waals surface area contributed by atoms with Gasteiger partial charge in [-0.05, 0) is 55.7 Å². The van der Waals surface area contributed by atoms with E-state index in [2.05, 4.69) is 5.32 Å². The van der Waals surface area contributed by atoms with Gasteiger partial charge in [0, 0.05) is 18.1 Å². The average molecular weight is 549 g/mol. The summed E-state index contributed by atoms with van der Waals surface area (Å²) in [6.45, 7) is 5.16. The predicted molar refractivity (Wildman–Crippen MR) is 138 cm³/mol. The highest BCUT2D eigenvalue weighted by Gasteiger charge is 2.30. The van der Waals surface area contributed by atoms with E-state index < -0.39 is 28.5 Å². The van der Waals surface area contributed by atoms with Gasteiger partial charge in [-0.15, -0.1) is 0 Å². The van der Waals surface area contributed by atoms with Crippen molar-refractivity contribution in [3.63, 3.8) is 0 Å². The zero-order valence-electron chi connectivity index (χ0n) is 19.4. The van der Waals surface area contributed by atoms with Crippen LogP contribution in [0.4, 0.5) is 5.69 Å². The minimum Gasteiger partial charge on any atom is -0.354 e. The highest BCUT2D eigenvalue weighted by atomic mass is 35.5. The molecule has 0 bridgehead atoms. The topological polar surface area (TPSA) is 86.8 Å². The van der Waals surface area contributed by atoms with E-state index in [1.165, 1.54) is 4.90 Å². The molecule has 0 aliphatic carbocycles. The second-order valence-electron chi connectivity index (χ2n) is 7.89. The third-order valence-electron chi connectivity index (χ3n) is 5.24. The Morgan fingerprint density at radius 3 is 2.32 bits per heavy atom. The van der Waals surface area contributed by atoms with Crippen LogP contribution in [0.2, 0.25) is 15.1 Å². The lowest BCUT2D eigenvalue weighted by Gasteiger charge is -2.32. The molecule has 2 aromatic rings. The molecule has 0 spiro atoms. The van der Waals surface area contributed by atoms with Gasteiger partial charge in [0.1, 0.15) is 12.6 Å². The Kier molecular flexibility index (Phi) is 10.1. The van der Waals surface area contributed by atoms with Gasteiger partial charge in [0.15, 0.2) is 0 Å². The first-order valence-corrected chi connectivity index (χ1v) is 13.6. The lowest BCUT2D eigenvalue weighted by atomic mass is 10.1. The standard InChI is InChI=1S/C23H28Cl3N3O4S/c1-5-11-27-23(31)16(3)28(13-17-9-10-19(25)20(26)12-17)22(30)14-29(34(4,32)33)21-8-6-7-18(24)15(21)2/h6-10,12,16H,5,11,13-14H2,1-4H3,(H,27,31)/t16-/m1/s1. The molecule has 0 heterocycles. The average Bonchev–Trinajstić information content (AvgIpc) is 2.77. The molecule has 0 saturated carbocycles. The van der Waals surface area contributed by atoms with E-state index in [0.29, 0.717) is 38.4 Å². The van der Waals surface area contributed by atoms with Crippen LogP contribution in [0.3, 0.4) is 0 Å². The van der Waals surface area contributed by atoms with Crippen molar-refractivity contribution in [2.24, 2.45) is 0 Å². The molecule has 0 aliphatic heterocycles. The van der Waals surface area contributed by atoms with Crippen LogP contribution in [0.5, 0.6) is 0 Å². The Morgan fingerprint density at radius 1 is 1.06 bits per heavy atom. The van der Waals surface area contributed by atoms with Gasteiger partial charge in [-0.1, -0.05) is 53.9 Å². The van der Waals surface area contributed by atoms with E-state index in [4.69, 9.17) is 34.8 Å². The van der Waals surface area contributed by atoms with Crippen molar-refractivity contribution in [1.82, 2.24) is 10.2 Å². The van der Waals surface area contributed by atoms with Crippen LogP contribution in [0.25, 0.3) is 0 Å². The van der Waals surface area contributed by atoms with Crippen LogP contribution in [0, 0.1) is 6.92 Å². The number of rotatable bonds is 10. The van der Waals surface area contributed by atoms with E-state index in [9.17, 15) is 18.0 Å². The molecule has 2 aromatic carbocycles. The summed E-state index contributed by atoms with van der Waals surface area (Å²) in [6.07, 6.45) is 1.75. The highest BCUT2D eigenvalue weighted by Crippen LogP contribution is 2.29. The molecule has 7 nitrogen and oxygen atoms in total. The second-order valence-corrected chi connectivity index (χ2v) is 11.0. The minimum absolute atomic E-state index is 0.0303. The van der Waals surface area contributed by atoms with Crippen molar-refractivity contribution in [3.8, 4) is 0 Å². The maximum atomic E-state index is 13.5. The molecule has 0 unspecified atom stereocenters. The van der Waals surface area contributed by atoms with Gasteiger partial charge in [0.2, 0.25) is 21.8 Å². The number of hydrogen-bond donors (Lipinski definition) is 1. The van der Waals surface area contributed by atoms with Crippen molar-refractivity contribution in [3.05, 3.63) is 62.6 Å². The Labute approximate surface area is 216 Å². The number of sulfonamides is 1. The Morgan fingerprint density at radius 2 is 1.74 bits per heavy atom. The van der Waals surface area contributed by atoms with Gasteiger partial charge < -0.3 is 10.2 Å². The first-order valence-electron chi connectivity index (χ1n) is 10.6. The van der Waals surface area contributed by atoms with Crippen molar-refractivity contribution in [2.75, 3.05) is 23.7 Å². The van der Waals surface area contributed by atoms with E-state index in [1.54, 1.807) is 50.2 Å². The lowest BCUT2D eigenvalue weighted by molar-refractivity contribution is -0.139. The molecule has 1 N–H and O–H groups in total. The van der Waals surface area contributed by atoms with Crippen LogP contribution >= 0.6 is 34.8 Å². The highest BCUT2D eigenvalue weighted by molar-refractivity contribution is 7.92. The first-order chi connectivity index (χ1) is 15.9. The van der Waals surface area contributed by atoms with E-state index in [1.807, 2.05) is 6.92 Å². The molecule has 186 valence electrons. The van der Waals surface area contributed by atoms with Crippen LogP contribution in [0.1, 0.15) is 31.4 Å². The van der Waals surface area contributed by atoms with Crippen molar-refractivity contribution in [2.45, 2.75) is 39.8 Å². The first kappa shape index (κ1) is 28.2. The van der Waals surface area contributed by atoms with E-state index in [0.717, 1.165) is 17.0 Å². The number of nitrogens with zero attached hydrogens (tertiary/aromatic N) is 2. The van der Waals surface area contributed by atoms with Crippen molar-refractivity contribution in [1.29, 1.82) is 0 Å². The molecule has 0 aliphatic rings. The number of carbonyl (C=O) groups is 2. The molecule has 0 saturated heterocycles. The summed E-state index contributed by atoms with van der Waals surface area (Å²) >= 11 is 18.3. The Balaban J connectivity index is 2.44. The smallest absolute Gasteiger partial charge is 0.244 e. The number of carbonyl (C=O) groups excluding carboxylic acids is 2. The van der Waals surface area contributed by atoms with Gasteiger partial charge in [0.25, 0.3) is 0 Å². The third-order valence-corrected chi connectivity index (χ3v) is 7.52. The summed E-state index contributed by atoms with van der Waals surface area (Å²) in [5.41, 5.74) is 1.45. The molecule has 2 amide bonds. The molecule has 1 atom stereocenters. The molecular formula is C23H28Cl3N3O4S. The number of amides is 2. The summed E-state index contributed by atoms with van der Waals surface area (Å²) in [4.78, 5) is 27.5. The van der Waals surface area contributed by atoms with E-state index >= 15 is 0 Å². The second kappa shape index (κ2) is 12.1. The predicted octanol–water partition coefficient (Wildman–Crippen LogP) is 4.66. The number of halogens is 3. The molecule has 2 rings (SSSR count). The zero-order valence-corrected chi connectivity index (χ0v) is 22.5. The number of benzene rings is 2. The summed E-state index contributed by atoms with van der Waals surface area (Å²) in [5.74, 6) is -0.907. The quantitative estimate of drug-likeness (QED) is 0.468. The summed E-state index contributed by atoms with van der Waals surface area (Å²) in [5, 5.41) is 3.82. The summed E-state index contributed by atoms with van der Waals surface area (Å²) in [6, 6.07) is 8.87. The largest absolute Gasteiger partial charge is 0.354 e. The molecule has 0 aromatic heterocycles. The van der Waals surface area contributed by atoms with Gasteiger partial charge >= 0.3 is 0 Å². The van der Waals surface area contributed by atoms with Crippen LogP contribution in [0.15, 0.2) is 36.4 Å². The fourth-order valence-electron chi connectivity index (χ4n) is 3.27.